The molecule has 0 atom stereocenters. The van der Waals surface area contributed by atoms with Crippen molar-refractivity contribution in [3.05, 3.63) is 21.8 Å². The van der Waals surface area contributed by atoms with Crippen molar-refractivity contribution in [2.45, 2.75) is 13.5 Å². The zero-order valence-corrected chi connectivity index (χ0v) is 8.82. The lowest BCUT2D eigenvalue weighted by atomic mass is 10.3. The van der Waals surface area contributed by atoms with Gasteiger partial charge in [0.05, 0.1) is 5.52 Å². The molecule has 0 saturated carbocycles. The Morgan fingerprint density at radius 1 is 1.50 bits per heavy atom. The van der Waals surface area contributed by atoms with Gasteiger partial charge in [0, 0.05) is 10.1 Å². The molecule has 3 nitrogen and oxygen atoms in total. The molecular weight excluding hydrogens is 265 g/mol. The Kier molecular flexibility index (Phi) is 2.00. The van der Waals surface area contributed by atoms with Crippen LogP contribution in [0.3, 0.4) is 0 Å². The van der Waals surface area contributed by atoms with Gasteiger partial charge in [-0.25, -0.2) is 4.68 Å². The van der Waals surface area contributed by atoms with E-state index in [1.807, 2.05) is 10.7 Å². The molecule has 0 N–H and O–H groups in total. The maximum Gasteiger partial charge on any atom is 0.114 e. The number of aryl methyl sites for hydroxylation is 1. The average molecular weight is 273 g/mol. The fourth-order valence-corrected chi connectivity index (χ4v) is 1.65. The van der Waals surface area contributed by atoms with Gasteiger partial charge >= 0.3 is 0 Å². The highest BCUT2D eigenvalue weighted by Gasteiger charge is 2.01. The van der Waals surface area contributed by atoms with Crippen molar-refractivity contribution in [2.75, 3.05) is 0 Å². The third-order valence-corrected chi connectivity index (χ3v) is 2.45. The Morgan fingerprint density at radius 2 is 2.33 bits per heavy atom. The largest absolute Gasteiger partial charge is 0.245 e. The molecule has 0 radical (unpaired) electrons. The van der Waals surface area contributed by atoms with Gasteiger partial charge in [-0.1, -0.05) is 5.21 Å². The Morgan fingerprint density at radius 3 is 3.08 bits per heavy atom. The van der Waals surface area contributed by atoms with Crippen LogP contribution in [0.4, 0.5) is 0 Å². The molecule has 0 saturated heterocycles. The molecule has 0 fully saturated rings. The number of halogens is 1. The van der Waals surface area contributed by atoms with Crippen molar-refractivity contribution in [2.24, 2.45) is 0 Å². The van der Waals surface area contributed by atoms with E-state index in [0.717, 1.165) is 17.6 Å². The maximum atomic E-state index is 4.06. The van der Waals surface area contributed by atoms with Crippen molar-refractivity contribution < 1.29 is 0 Å². The minimum Gasteiger partial charge on any atom is -0.245 e. The maximum absolute atomic E-state index is 4.06. The zero-order chi connectivity index (χ0) is 8.55. The number of hydrogen-bond acceptors (Lipinski definition) is 2. The summed E-state index contributed by atoms with van der Waals surface area (Å²) in [6.45, 7) is 2.93. The molecule has 2 aromatic rings. The minimum atomic E-state index is 0.872. The molecule has 0 amide bonds. The predicted molar refractivity (Wildman–Crippen MR) is 55.9 cm³/mol. The monoisotopic (exact) mass is 273 g/mol. The first kappa shape index (κ1) is 7.97. The molecule has 1 aromatic carbocycles. The van der Waals surface area contributed by atoms with Crippen molar-refractivity contribution in [3.63, 3.8) is 0 Å². The highest BCUT2D eigenvalue weighted by Crippen LogP contribution is 2.14. The molecule has 62 valence electrons. The summed E-state index contributed by atoms with van der Waals surface area (Å²) in [6, 6.07) is 6.16. The van der Waals surface area contributed by atoms with E-state index in [1.54, 1.807) is 0 Å². The fourth-order valence-electron chi connectivity index (χ4n) is 1.18. The second-order valence-electron chi connectivity index (χ2n) is 2.54. The van der Waals surface area contributed by atoms with Crippen LogP contribution in [0.15, 0.2) is 18.2 Å². The Hall–Kier alpha value is -0.650. The van der Waals surface area contributed by atoms with E-state index >= 15 is 0 Å². The van der Waals surface area contributed by atoms with E-state index in [9.17, 15) is 0 Å². The van der Waals surface area contributed by atoms with Crippen LogP contribution < -0.4 is 0 Å². The normalized spacial score (nSPS) is 10.8. The van der Waals surface area contributed by atoms with Crippen LogP contribution in [-0.4, -0.2) is 15.0 Å². The van der Waals surface area contributed by atoms with E-state index in [1.165, 1.54) is 3.57 Å². The second kappa shape index (κ2) is 3.01. The van der Waals surface area contributed by atoms with Crippen LogP contribution in [0.25, 0.3) is 11.0 Å². The summed E-state index contributed by atoms with van der Waals surface area (Å²) < 4.78 is 3.09. The van der Waals surface area contributed by atoms with Crippen molar-refractivity contribution >= 4 is 33.6 Å². The standard InChI is InChI=1S/C8H8IN3/c1-2-12-8-4-3-6(9)5-7(8)10-11-12/h3-5H,2H2,1H3. The molecule has 0 unspecified atom stereocenters. The number of benzene rings is 1. The van der Waals surface area contributed by atoms with Crippen LogP contribution in [0.1, 0.15) is 6.92 Å². The summed E-state index contributed by atoms with van der Waals surface area (Å²) in [7, 11) is 0. The van der Waals surface area contributed by atoms with Crippen LogP contribution in [0, 0.1) is 3.57 Å². The first-order valence-electron chi connectivity index (χ1n) is 3.80. The second-order valence-corrected chi connectivity index (χ2v) is 3.78. The Balaban J connectivity index is 2.73. The van der Waals surface area contributed by atoms with Gasteiger partial charge in [-0.3, -0.25) is 0 Å². The third kappa shape index (κ3) is 1.20. The van der Waals surface area contributed by atoms with Crippen molar-refractivity contribution in [3.8, 4) is 0 Å². The van der Waals surface area contributed by atoms with Crippen molar-refractivity contribution in [1.29, 1.82) is 0 Å². The topological polar surface area (TPSA) is 30.7 Å². The van der Waals surface area contributed by atoms with E-state index in [-0.39, 0.29) is 0 Å². The fraction of sp³-hybridized carbons (Fsp3) is 0.250. The Bertz CT molecular complexity index is 408. The summed E-state index contributed by atoms with van der Waals surface area (Å²) in [4.78, 5) is 0. The predicted octanol–water partition coefficient (Wildman–Crippen LogP) is 2.06. The van der Waals surface area contributed by atoms with E-state index in [0.29, 0.717) is 0 Å². The minimum absolute atomic E-state index is 0.872. The molecule has 12 heavy (non-hydrogen) atoms. The third-order valence-electron chi connectivity index (χ3n) is 1.78. The van der Waals surface area contributed by atoms with Gasteiger partial charge < -0.3 is 0 Å². The number of aromatic nitrogens is 3. The number of fused-ring (bicyclic) bond motifs is 1. The lowest BCUT2D eigenvalue weighted by Crippen LogP contribution is -1.95. The van der Waals surface area contributed by atoms with Crippen LogP contribution >= 0.6 is 22.6 Å². The highest BCUT2D eigenvalue weighted by atomic mass is 127. The Labute approximate surface area is 83.9 Å². The summed E-state index contributed by atoms with van der Waals surface area (Å²) in [5.41, 5.74) is 2.08. The lowest BCUT2D eigenvalue weighted by Gasteiger charge is -1.94. The molecule has 0 aliphatic rings. The van der Waals surface area contributed by atoms with Gasteiger partial charge in [0.1, 0.15) is 5.52 Å². The van der Waals surface area contributed by atoms with Gasteiger partial charge in [0.25, 0.3) is 0 Å². The molecule has 0 aliphatic carbocycles. The molecule has 4 heteroatoms. The molecule has 2 rings (SSSR count). The number of rotatable bonds is 1. The highest BCUT2D eigenvalue weighted by molar-refractivity contribution is 14.1. The van der Waals surface area contributed by atoms with Gasteiger partial charge in [-0.2, -0.15) is 0 Å². The molecule has 1 heterocycles. The summed E-state index contributed by atoms with van der Waals surface area (Å²) in [5, 5.41) is 8.08. The van der Waals surface area contributed by atoms with Crippen LogP contribution in [-0.2, 0) is 6.54 Å². The van der Waals surface area contributed by atoms with Gasteiger partial charge in [0.15, 0.2) is 0 Å². The average Bonchev–Trinajstić information content (AvgIpc) is 2.46. The molecular formula is C8H8IN3. The lowest BCUT2D eigenvalue weighted by molar-refractivity contribution is 0.646. The van der Waals surface area contributed by atoms with Crippen LogP contribution in [0.2, 0.25) is 0 Å². The molecule has 0 spiro atoms. The number of hydrogen-bond donors (Lipinski definition) is 0. The number of nitrogens with zero attached hydrogens (tertiary/aromatic N) is 3. The van der Waals surface area contributed by atoms with Gasteiger partial charge in [0.2, 0.25) is 0 Å². The summed E-state index contributed by atoms with van der Waals surface area (Å²) in [5.74, 6) is 0. The van der Waals surface area contributed by atoms with E-state index in [2.05, 4.69) is 52.0 Å². The molecule has 1 aromatic heterocycles. The zero-order valence-electron chi connectivity index (χ0n) is 6.66. The quantitative estimate of drug-likeness (QED) is 0.744. The molecule has 0 aliphatic heterocycles. The van der Waals surface area contributed by atoms with Crippen LogP contribution in [0.5, 0.6) is 0 Å². The first-order chi connectivity index (χ1) is 5.81. The summed E-state index contributed by atoms with van der Waals surface area (Å²) >= 11 is 2.27. The van der Waals surface area contributed by atoms with Gasteiger partial charge in [-0.05, 0) is 47.7 Å². The SMILES string of the molecule is CCn1nnc2cc(I)ccc21. The van der Waals surface area contributed by atoms with E-state index < -0.39 is 0 Å². The van der Waals surface area contributed by atoms with Crippen molar-refractivity contribution in [1.82, 2.24) is 15.0 Å². The van der Waals surface area contributed by atoms with Gasteiger partial charge in [-0.15, -0.1) is 5.10 Å². The summed E-state index contributed by atoms with van der Waals surface area (Å²) in [6.07, 6.45) is 0. The first-order valence-corrected chi connectivity index (χ1v) is 4.88. The smallest absolute Gasteiger partial charge is 0.114 e. The molecule has 0 bridgehead atoms. The van der Waals surface area contributed by atoms with E-state index in [4.69, 9.17) is 0 Å².